The Morgan fingerprint density at radius 3 is 2.59 bits per heavy atom. The number of amides is 3. The highest BCUT2D eigenvalue weighted by Gasteiger charge is 2.43. The van der Waals surface area contributed by atoms with Gasteiger partial charge in [0.15, 0.2) is 10.5 Å². The van der Waals surface area contributed by atoms with E-state index < -0.39 is 45.2 Å². The van der Waals surface area contributed by atoms with E-state index in [2.05, 4.69) is 15.4 Å². The first-order chi connectivity index (χ1) is 21.8. The van der Waals surface area contributed by atoms with Crippen molar-refractivity contribution in [2.75, 3.05) is 25.0 Å². The van der Waals surface area contributed by atoms with Crippen LogP contribution >= 0.6 is 11.6 Å². The fraction of sp³-hybridized carbons (Fsp3) is 0.310. The van der Waals surface area contributed by atoms with Crippen LogP contribution in [-0.4, -0.2) is 65.7 Å². The summed E-state index contributed by atoms with van der Waals surface area (Å²) in [5.41, 5.74) is 2.73. The van der Waals surface area contributed by atoms with Gasteiger partial charge in [0.1, 0.15) is 17.9 Å². The molecular weight excluding hydrogens is 651 g/mol. The number of aromatic nitrogens is 3. The largest absolute Gasteiger partial charge is 0.405 e. The van der Waals surface area contributed by atoms with Crippen LogP contribution in [0.15, 0.2) is 59.8 Å². The highest BCUT2D eigenvalue weighted by atomic mass is 35.5. The second-order valence-corrected chi connectivity index (χ2v) is 13.1. The van der Waals surface area contributed by atoms with E-state index in [0.717, 1.165) is 27.4 Å². The molecule has 0 unspecified atom stereocenters. The molecule has 0 saturated carbocycles. The molecule has 4 heterocycles. The van der Waals surface area contributed by atoms with E-state index in [1.165, 1.54) is 16.2 Å². The Morgan fingerprint density at radius 1 is 1.11 bits per heavy atom. The van der Waals surface area contributed by atoms with Crippen molar-refractivity contribution in [1.29, 1.82) is 0 Å². The number of nitrogens with one attached hydrogen (secondary N) is 3. The van der Waals surface area contributed by atoms with Gasteiger partial charge in [0.2, 0.25) is 0 Å². The zero-order valence-corrected chi connectivity index (χ0v) is 25.8. The Kier molecular flexibility index (Phi) is 8.06. The molecule has 12 nitrogen and oxygen atoms in total. The number of carbonyl (C=O) groups is 2. The van der Waals surface area contributed by atoms with Crippen LogP contribution < -0.4 is 15.4 Å². The third-order valence-electron chi connectivity index (χ3n) is 7.94. The monoisotopic (exact) mass is 677 g/mol. The number of benzene rings is 2. The van der Waals surface area contributed by atoms with Crippen molar-refractivity contribution in [1.82, 2.24) is 29.5 Å². The van der Waals surface area contributed by atoms with E-state index in [0.29, 0.717) is 43.2 Å². The Balaban J connectivity index is 1.33. The van der Waals surface area contributed by atoms with Gasteiger partial charge in [0.05, 0.1) is 29.1 Å². The van der Waals surface area contributed by atoms with Gasteiger partial charge in [-0.05, 0) is 48.6 Å². The Hall–Kier alpha value is -4.41. The number of nitrogens with zero attached hydrogens (tertiary/aromatic N) is 4. The first kappa shape index (κ1) is 31.6. The van der Waals surface area contributed by atoms with Crippen molar-refractivity contribution in [3.05, 3.63) is 82.1 Å². The second-order valence-electron chi connectivity index (χ2n) is 11.0. The maximum atomic E-state index is 14.0. The normalized spacial score (nSPS) is 16.0. The summed E-state index contributed by atoms with van der Waals surface area (Å²) in [5, 5.41) is 8.95. The van der Waals surface area contributed by atoms with E-state index in [9.17, 15) is 31.2 Å². The zero-order valence-electron chi connectivity index (χ0n) is 24.2. The van der Waals surface area contributed by atoms with Crippen LogP contribution in [0.4, 0.5) is 29.5 Å². The number of urea groups is 1. The maximum absolute atomic E-state index is 14.0. The number of aryl methyl sites for hydroxylation is 1. The van der Waals surface area contributed by atoms with Crippen molar-refractivity contribution in [2.24, 2.45) is 0 Å². The molecule has 1 fully saturated rings. The van der Waals surface area contributed by atoms with Gasteiger partial charge in [-0.25, -0.2) is 22.9 Å². The summed E-state index contributed by atoms with van der Waals surface area (Å²) in [5.74, 6) is -0.375. The summed E-state index contributed by atoms with van der Waals surface area (Å²) in [6.45, 7) is 1.32. The molecule has 1 spiro atoms. The lowest BCUT2D eigenvalue weighted by molar-refractivity contribution is -0.122. The molecule has 4 aromatic rings. The fourth-order valence-corrected chi connectivity index (χ4v) is 6.83. The number of alkyl halides is 3. The number of sulfonamides is 1. The molecule has 0 atom stereocenters. The van der Waals surface area contributed by atoms with E-state index >= 15 is 0 Å². The van der Waals surface area contributed by atoms with E-state index in [-0.39, 0.29) is 17.0 Å². The predicted molar refractivity (Wildman–Crippen MR) is 160 cm³/mol. The molecule has 46 heavy (non-hydrogen) atoms. The number of rotatable bonds is 6. The van der Waals surface area contributed by atoms with Gasteiger partial charge in [-0.3, -0.25) is 4.79 Å². The topological polar surface area (TPSA) is 147 Å². The van der Waals surface area contributed by atoms with Gasteiger partial charge < -0.3 is 20.3 Å². The third-order valence-corrected chi connectivity index (χ3v) is 9.59. The standard InChI is InChI=1S/C29H27ClF3N7O5S/c1-17-6-7-21(30)22(12-17)37-24-19(26(41)39-10-8-28(9-11-39)20-5-3-2-4-18(20)15-45-28)13-34-25-23(14-36-40(24)25)46(43,44)38-27(42)35-16-29(31,32)33/h2-7,12-14,37H,8-11,15-16H2,1H3,(H2,35,38,42). The molecule has 2 aliphatic heterocycles. The van der Waals surface area contributed by atoms with Crippen LogP contribution in [0.1, 0.15) is 39.9 Å². The van der Waals surface area contributed by atoms with Gasteiger partial charge in [-0.15, -0.1) is 0 Å². The minimum absolute atomic E-state index is 0.0354. The molecule has 3 amide bonds. The smallest absolute Gasteiger partial charge is 0.365 e. The van der Waals surface area contributed by atoms with Crippen molar-refractivity contribution in [3.8, 4) is 0 Å². The third kappa shape index (κ3) is 6.07. The number of fused-ring (bicyclic) bond motifs is 3. The lowest BCUT2D eigenvalue weighted by Crippen LogP contribution is -2.45. The average molecular weight is 678 g/mol. The van der Waals surface area contributed by atoms with Gasteiger partial charge in [0.25, 0.3) is 15.9 Å². The Bertz CT molecular complexity index is 1960. The molecule has 0 bridgehead atoms. The lowest BCUT2D eigenvalue weighted by Gasteiger charge is -2.39. The number of carbonyl (C=O) groups excluding carboxylic acids is 2. The SMILES string of the molecule is Cc1ccc(Cl)c(Nc2c(C(=O)N3CCC4(CC3)OCc3ccccc34)cnc3c(S(=O)(=O)NC(=O)NCC(F)(F)F)cnn23)c1. The van der Waals surface area contributed by atoms with Crippen molar-refractivity contribution in [2.45, 2.75) is 43.0 Å². The van der Waals surface area contributed by atoms with Crippen LogP contribution in [0, 0.1) is 6.92 Å². The Morgan fingerprint density at radius 2 is 1.85 bits per heavy atom. The number of hydrogen-bond donors (Lipinski definition) is 3. The summed E-state index contributed by atoms with van der Waals surface area (Å²) in [6.07, 6.45) is -1.58. The van der Waals surface area contributed by atoms with Gasteiger partial charge in [-0.2, -0.15) is 22.8 Å². The molecular formula is C29H27ClF3N7O5S. The number of halogens is 4. The van der Waals surface area contributed by atoms with Crippen LogP contribution in [0.2, 0.25) is 5.02 Å². The number of likely N-dealkylation sites (tertiary alicyclic amines) is 1. The lowest BCUT2D eigenvalue weighted by atomic mass is 9.83. The molecule has 0 aliphatic carbocycles. The van der Waals surface area contributed by atoms with Crippen LogP contribution in [0.5, 0.6) is 0 Å². The first-order valence-electron chi connectivity index (χ1n) is 14.1. The van der Waals surface area contributed by atoms with E-state index in [4.69, 9.17) is 16.3 Å². The minimum atomic E-state index is -4.75. The number of anilines is 2. The van der Waals surface area contributed by atoms with Crippen molar-refractivity contribution in [3.63, 3.8) is 0 Å². The molecule has 1 saturated heterocycles. The maximum Gasteiger partial charge on any atom is 0.405 e. The summed E-state index contributed by atoms with van der Waals surface area (Å²) in [7, 11) is -4.74. The van der Waals surface area contributed by atoms with Gasteiger partial charge in [0, 0.05) is 19.3 Å². The van der Waals surface area contributed by atoms with E-state index in [1.807, 2.05) is 31.2 Å². The first-order valence-corrected chi connectivity index (χ1v) is 15.9. The fourth-order valence-electron chi connectivity index (χ4n) is 5.67. The minimum Gasteiger partial charge on any atom is -0.365 e. The second kappa shape index (κ2) is 11.7. The predicted octanol–water partition coefficient (Wildman–Crippen LogP) is 4.65. The summed E-state index contributed by atoms with van der Waals surface area (Å²) < 4.78 is 72.4. The molecule has 6 rings (SSSR count). The Labute approximate surface area is 265 Å². The molecule has 2 aliphatic rings. The highest BCUT2D eigenvalue weighted by molar-refractivity contribution is 7.90. The zero-order chi connectivity index (χ0) is 32.9. The summed E-state index contributed by atoms with van der Waals surface area (Å²) in [4.78, 5) is 31.2. The molecule has 2 aromatic carbocycles. The molecule has 17 heteroatoms. The van der Waals surface area contributed by atoms with Crippen molar-refractivity contribution < 1.29 is 35.9 Å². The van der Waals surface area contributed by atoms with Crippen LogP contribution in [-0.2, 0) is 27.0 Å². The van der Waals surface area contributed by atoms with Gasteiger partial charge in [-0.1, -0.05) is 41.9 Å². The van der Waals surface area contributed by atoms with Gasteiger partial charge >= 0.3 is 12.2 Å². The summed E-state index contributed by atoms with van der Waals surface area (Å²) >= 11 is 6.44. The number of ether oxygens (including phenoxy) is 1. The van der Waals surface area contributed by atoms with Crippen LogP contribution in [0.3, 0.4) is 0 Å². The number of piperidine rings is 1. The summed E-state index contributed by atoms with van der Waals surface area (Å²) in [6, 6.07) is 11.5. The van der Waals surface area contributed by atoms with Crippen molar-refractivity contribution >= 4 is 50.7 Å². The van der Waals surface area contributed by atoms with Crippen LogP contribution in [0.25, 0.3) is 5.65 Å². The molecule has 2 aromatic heterocycles. The quantitative estimate of drug-likeness (QED) is 0.267. The molecule has 242 valence electrons. The molecule has 0 radical (unpaired) electrons. The average Bonchev–Trinajstić information content (AvgIpc) is 3.61. The number of hydrogen-bond acceptors (Lipinski definition) is 8. The van der Waals surface area contributed by atoms with E-state index in [1.54, 1.807) is 23.1 Å². The molecule has 3 N–H and O–H groups in total. The highest BCUT2D eigenvalue weighted by Crippen LogP contribution is 2.44.